The number of aromatic nitrogens is 1. The SMILES string of the molecule is CC(C)NCc1cc(F)cnc1N(CC(F)(F)F)C1CC1. The van der Waals surface area contributed by atoms with Gasteiger partial charge in [-0.15, -0.1) is 0 Å². The Kier molecular flexibility index (Phi) is 4.70. The Bertz CT molecular complexity index is 484. The van der Waals surface area contributed by atoms with E-state index in [9.17, 15) is 17.6 Å². The predicted molar refractivity (Wildman–Crippen MR) is 72.6 cm³/mol. The third-order valence-electron chi connectivity index (χ3n) is 3.22. The van der Waals surface area contributed by atoms with Crippen molar-refractivity contribution in [2.24, 2.45) is 0 Å². The Hall–Kier alpha value is -1.37. The fraction of sp³-hybridized carbons (Fsp3) is 0.643. The minimum atomic E-state index is -4.30. The summed E-state index contributed by atoms with van der Waals surface area (Å²) in [6, 6.07) is 1.25. The fourth-order valence-corrected chi connectivity index (χ4v) is 2.13. The van der Waals surface area contributed by atoms with E-state index in [1.54, 1.807) is 0 Å². The zero-order valence-electron chi connectivity index (χ0n) is 12.0. The molecular weight excluding hydrogens is 286 g/mol. The highest BCUT2D eigenvalue weighted by atomic mass is 19.4. The first kappa shape index (κ1) is 16.0. The van der Waals surface area contributed by atoms with Crippen LogP contribution in [0, 0.1) is 5.82 Å². The lowest BCUT2D eigenvalue weighted by atomic mass is 10.2. The summed E-state index contributed by atoms with van der Waals surface area (Å²) in [7, 11) is 0. The number of hydrogen-bond donors (Lipinski definition) is 1. The second kappa shape index (κ2) is 6.17. The van der Waals surface area contributed by atoms with Gasteiger partial charge in [-0.25, -0.2) is 9.37 Å². The number of rotatable bonds is 6. The fourth-order valence-electron chi connectivity index (χ4n) is 2.13. The molecule has 1 saturated carbocycles. The van der Waals surface area contributed by atoms with Gasteiger partial charge in [0.25, 0.3) is 0 Å². The Morgan fingerprint density at radius 3 is 2.57 bits per heavy atom. The Morgan fingerprint density at radius 1 is 1.38 bits per heavy atom. The number of hydrogen-bond acceptors (Lipinski definition) is 3. The van der Waals surface area contributed by atoms with Crippen molar-refractivity contribution in [1.82, 2.24) is 10.3 Å². The molecule has 0 radical (unpaired) electrons. The summed E-state index contributed by atoms with van der Waals surface area (Å²) >= 11 is 0. The molecule has 1 aliphatic carbocycles. The second-order valence-electron chi connectivity index (χ2n) is 5.65. The summed E-state index contributed by atoms with van der Waals surface area (Å²) < 4.78 is 51.6. The summed E-state index contributed by atoms with van der Waals surface area (Å²) in [5.74, 6) is -0.313. The average molecular weight is 305 g/mol. The molecule has 0 aliphatic heterocycles. The maximum Gasteiger partial charge on any atom is 0.405 e. The summed E-state index contributed by atoms with van der Waals surface area (Å²) in [4.78, 5) is 5.16. The molecule has 0 bridgehead atoms. The molecule has 1 fully saturated rings. The van der Waals surface area contributed by atoms with Crippen molar-refractivity contribution in [3.63, 3.8) is 0 Å². The van der Waals surface area contributed by atoms with Crippen molar-refractivity contribution in [2.75, 3.05) is 11.4 Å². The van der Waals surface area contributed by atoms with Gasteiger partial charge in [-0.3, -0.25) is 0 Å². The number of pyridine rings is 1. The smallest absolute Gasteiger partial charge is 0.344 e. The molecule has 0 saturated heterocycles. The molecule has 0 unspecified atom stereocenters. The molecule has 7 heteroatoms. The van der Waals surface area contributed by atoms with Crippen molar-refractivity contribution in [2.45, 2.75) is 51.5 Å². The predicted octanol–water partition coefficient (Wildman–Crippen LogP) is 3.25. The van der Waals surface area contributed by atoms with E-state index in [-0.39, 0.29) is 17.9 Å². The van der Waals surface area contributed by atoms with Gasteiger partial charge in [0.15, 0.2) is 0 Å². The summed E-state index contributed by atoms with van der Waals surface area (Å²) in [5.41, 5.74) is 0.458. The van der Waals surface area contributed by atoms with Crippen molar-refractivity contribution in [3.8, 4) is 0 Å². The van der Waals surface area contributed by atoms with E-state index >= 15 is 0 Å². The first-order valence-corrected chi connectivity index (χ1v) is 6.97. The molecule has 1 aromatic heterocycles. The number of nitrogens with one attached hydrogen (secondary N) is 1. The van der Waals surface area contributed by atoms with E-state index in [1.165, 1.54) is 11.0 Å². The maximum absolute atomic E-state index is 13.4. The number of alkyl halides is 3. The lowest BCUT2D eigenvalue weighted by Crippen LogP contribution is -2.37. The van der Waals surface area contributed by atoms with Gasteiger partial charge in [0.1, 0.15) is 18.2 Å². The molecule has 0 spiro atoms. The first-order chi connectivity index (χ1) is 9.76. The van der Waals surface area contributed by atoms with Gasteiger partial charge in [0.05, 0.1) is 6.20 Å². The van der Waals surface area contributed by atoms with Gasteiger partial charge in [-0.2, -0.15) is 13.2 Å². The van der Waals surface area contributed by atoms with Crippen molar-refractivity contribution >= 4 is 5.82 Å². The third-order valence-corrected chi connectivity index (χ3v) is 3.22. The number of halogens is 4. The molecule has 1 aliphatic rings. The molecule has 0 amide bonds. The van der Waals surface area contributed by atoms with Gasteiger partial charge in [0, 0.05) is 24.2 Å². The van der Waals surface area contributed by atoms with E-state index in [0.29, 0.717) is 24.9 Å². The highest BCUT2D eigenvalue weighted by molar-refractivity contribution is 5.49. The van der Waals surface area contributed by atoms with Crippen LogP contribution in [0.15, 0.2) is 12.3 Å². The van der Waals surface area contributed by atoms with Crippen LogP contribution in [0.2, 0.25) is 0 Å². The maximum atomic E-state index is 13.4. The lowest BCUT2D eigenvalue weighted by molar-refractivity contribution is -0.120. The van der Waals surface area contributed by atoms with E-state index in [0.717, 1.165) is 6.20 Å². The van der Waals surface area contributed by atoms with Crippen LogP contribution in [0.1, 0.15) is 32.3 Å². The van der Waals surface area contributed by atoms with Crippen LogP contribution in [-0.4, -0.2) is 29.8 Å². The van der Waals surface area contributed by atoms with Gasteiger partial charge in [0.2, 0.25) is 0 Å². The minimum Gasteiger partial charge on any atom is -0.344 e. The largest absolute Gasteiger partial charge is 0.405 e. The van der Waals surface area contributed by atoms with Crippen LogP contribution in [0.5, 0.6) is 0 Å². The monoisotopic (exact) mass is 305 g/mol. The normalized spacial score (nSPS) is 15.6. The average Bonchev–Trinajstić information content (AvgIpc) is 3.17. The molecule has 3 nitrogen and oxygen atoms in total. The quantitative estimate of drug-likeness (QED) is 0.818. The molecule has 0 atom stereocenters. The van der Waals surface area contributed by atoms with Gasteiger partial charge < -0.3 is 10.2 Å². The summed E-state index contributed by atoms with van der Waals surface area (Å²) in [6.45, 7) is 3.07. The lowest BCUT2D eigenvalue weighted by Gasteiger charge is -2.27. The highest BCUT2D eigenvalue weighted by Crippen LogP contribution is 2.35. The standard InChI is InChI=1S/C14H19F4N3/c1-9(2)19-6-10-5-11(15)7-20-13(10)21(12-3-4-12)8-14(16,17)18/h5,7,9,12,19H,3-4,6,8H2,1-2H3. The van der Waals surface area contributed by atoms with Crippen molar-refractivity contribution in [1.29, 1.82) is 0 Å². The molecule has 1 N–H and O–H groups in total. The molecule has 1 aromatic rings. The van der Waals surface area contributed by atoms with E-state index in [2.05, 4.69) is 10.3 Å². The molecular formula is C14H19F4N3. The van der Waals surface area contributed by atoms with Gasteiger partial charge in [-0.1, -0.05) is 13.8 Å². The molecule has 21 heavy (non-hydrogen) atoms. The van der Waals surface area contributed by atoms with E-state index < -0.39 is 18.5 Å². The Labute approximate surface area is 121 Å². The molecule has 2 rings (SSSR count). The van der Waals surface area contributed by atoms with Crippen LogP contribution < -0.4 is 10.2 Å². The van der Waals surface area contributed by atoms with E-state index in [4.69, 9.17) is 0 Å². The number of nitrogens with zero attached hydrogens (tertiary/aromatic N) is 2. The molecule has 0 aromatic carbocycles. The van der Waals surface area contributed by atoms with Crippen LogP contribution in [0.3, 0.4) is 0 Å². The molecule has 118 valence electrons. The summed E-state index contributed by atoms with van der Waals surface area (Å²) in [6.07, 6.45) is -1.90. The summed E-state index contributed by atoms with van der Waals surface area (Å²) in [5, 5.41) is 3.09. The van der Waals surface area contributed by atoms with E-state index in [1.807, 2.05) is 13.8 Å². The van der Waals surface area contributed by atoms with Gasteiger partial charge >= 0.3 is 6.18 Å². The third kappa shape index (κ3) is 4.84. The van der Waals surface area contributed by atoms with Crippen LogP contribution in [-0.2, 0) is 6.54 Å². The van der Waals surface area contributed by atoms with Crippen LogP contribution in [0.4, 0.5) is 23.4 Å². The molecule has 1 heterocycles. The van der Waals surface area contributed by atoms with Crippen LogP contribution in [0.25, 0.3) is 0 Å². The van der Waals surface area contributed by atoms with Crippen LogP contribution >= 0.6 is 0 Å². The Balaban J connectivity index is 2.26. The first-order valence-electron chi connectivity index (χ1n) is 6.97. The zero-order chi connectivity index (χ0) is 15.6. The Morgan fingerprint density at radius 2 is 2.05 bits per heavy atom. The minimum absolute atomic E-state index is 0.151. The topological polar surface area (TPSA) is 28.2 Å². The van der Waals surface area contributed by atoms with Crippen molar-refractivity contribution in [3.05, 3.63) is 23.6 Å². The highest BCUT2D eigenvalue weighted by Gasteiger charge is 2.39. The second-order valence-corrected chi connectivity index (χ2v) is 5.65. The number of anilines is 1. The zero-order valence-corrected chi connectivity index (χ0v) is 12.0. The van der Waals surface area contributed by atoms with Gasteiger partial charge in [-0.05, 0) is 18.9 Å². The van der Waals surface area contributed by atoms with Crippen molar-refractivity contribution < 1.29 is 17.6 Å².